The van der Waals surface area contributed by atoms with Crippen LogP contribution >= 0.6 is 15.9 Å². The van der Waals surface area contributed by atoms with E-state index in [1.54, 1.807) is 12.1 Å². The molecule has 0 saturated carbocycles. The van der Waals surface area contributed by atoms with E-state index in [1.165, 1.54) is 6.08 Å². The summed E-state index contributed by atoms with van der Waals surface area (Å²) in [6.07, 6.45) is 1.44. The minimum absolute atomic E-state index is 0.226. The zero-order chi connectivity index (χ0) is 8.97. The van der Waals surface area contributed by atoms with Crippen molar-refractivity contribution in [3.05, 3.63) is 29.1 Å². The van der Waals surface area contributed by atoms with Crippen molar-refractivity contribution >= 4 is 27.6 Å². The second-order valence-electron chi connectivity index (χ2n) is 2.11. The van der Waals surface area contributed by atoms with Gasteiger partial charge in [0, 0.05) is 5.57 Å². The molecule has 0 bridgehead atoms. The Balaban J connectivity index is 2.71. The van der Waals surface area contributed by atoms with E-state index < -0.39 is 0 Å². The Morgan fingerprint density at radius 3 is 3.00 bits per heavy atom. The number of aliphatic imine (C=N–C) groups is 1. The van der Waals surface area contributed by atoms with Crippen LogP contribution in [0.3, 0.4) is 0 Å². The Hall–Kier alpha value is -1.12. The average Bonchev–Trinajstić information content (AvgIpc) is 2.47. The fraction of sp³-hybridized carbons (Fsp3) is 0.125. The Morgan fingerprint density at radius 1 is 1.75 bits per heavy atom. The van der Waals surface area contributed by atoms with Crippen LogP contribution in [0.5, 0.6) is 0 Å². The molecule has 0 aliphatic heterocycles. The van der Waals surface area contributed by atoms with Crippen molar-refractivity contribution in [3.8, 4) is 0 Å². The highest BCUT2D eigenvalue weighted by Crippen LogP contribution is 2.19. The molecule has 12 heavy (non-hydrogen) atoms. The van der Waals surface area contributed by atoms with Gasteiger partial charge >= 0.3 is 0 Å². The summed E-state index contributed by atoms with van der Waals surface area (Å²) in [5, 5.41) is 0. The first-order valence-electron chi connectivity index (χ1n) is 3.21. The molecule has 1 rings (SSSR count). The van der Waals surface area contributed by atoms with Gasteiger partial charge in [0.25, 0.3) is 0 Å². The van der Waals surface area contributed by atoms with Crippen LogP contribution in [0, 0.1) is 0 Å². The zero-order valence-corrected chi connectivity index (χ0v) is 7.80. The number of carbonyl (C=O) groups excluding carboxylic acids is 1. The molecule has 0 amide bonds. The summed E-state index contributed by atoms with van der Waals surface area (Å²) < 4.78 is 5.80. The van der Waals surface area contributed by atoms with Crippen molar-refractivity contribution in [1.29, 1.82) is 0 Å². The maximum absolute atomic E-state index is 9.77. The first-order valence-corrected chi connectivity index (χ1v) is 4.00. The highest BCUT2D eigenvalue weighted by molar-refractivity contribution is 9.10. The van der Waals surface area contributed by atoms with Gasteiger partial charge in [-0.3, -0.25) is 0 Å². The molecule has 62 valence electrons. The molecule has 1 aromatic rings. The molecular formula is C8H6BrNO2. The summed E-state index contributed by atoms with van der Waals surface area (Å²) in [5.74, 6) is 0.626. The molecular weight excluding hydrogens is 222 g/mol. The van der Waals surface area contributed by atoms with Crippen LogP contribution in [0.2, 0.25) is 0 Å². The van der Waals surface area contributed by atoms with Gasteiger partial charge < -0.3 is 4.42 Å². The predicted octanol–water partition coefficient (Wildman–Crippen LogP) is 2.39. The van der Waals surface area contributed by atoms with Crippen molar-refractivity contribution in [1.82, 2.24) is 0 Å². The maximum Gasteiger partial charge on any atom is 0.235 e. The number of halogens is 1. The predicted molar refractivity (Wildman–Crippen MR) is 48.4 cm³/mol. The molecule has 0 saturated heterocycles. The number of isocyanates is 1. The third-order valence-corrected chi connectivity index (χ3v) is 1.68. The van der Waals surface area contributed by atoms with Crippen LogP contribution in [0.1, 0.15) is 5.76 Å². The number of furan rings is 1. The third-order valence-electron chi connectivity index (χ3n) is 1.26. The van der Waals surface area contributed by atoms with Crippen LogP contribution in [0.15, 0.2) is 32.8 Å². The molecule has 1 aromatic heterocycles. The average molecular weight is 228 g/mol. The highest BCUT2D eigenvalue weighted by Gasteiger charge is 2.02. The Kier molecular flexibility index (Phi) is 3.02. The molecule has 0 aliphatic carbocycles. The van der Waals surface area contributed by atoms with Gasteiger partial charge in [-0.25, -0.2) is 9.79 Å². The molecule has 4 heteroatoms. The summed E-state index contributed by atoms with van der Waals surface area (Å²) in [7, 11) is 0. The summed E-state index contributed by atoms with van der Waals surface area (Å²) >= 11 is 3.15. The van der Waals surface area contributed by atoms with Crippen molar-refractivity contribution < 1.29 is 9.21 Å². The summed E-state index contributed by atoms with van der Waals surface area (Å²) in [5.41, 5.74) is 0.657. The fourth-order valence-corrected chi connectivity index (χ4v) is 1.02. The lowest BCUT2D eigenvalue weighted by atomic mass is 10.2. The van der Waals surface area contributed by atoms with Crippen LogP contribution < -0.4 is 0 Å². The van der Waals surface area contributed by atoms with Gasteiger partial charge in [-0.2, -0.15) is 0 Å². The monoisotopic (exact) mass is 227 g/mol. The number of rotatable bonds is 3. The SMILES string of the molecule is C=C(CN=C=O)c1ccc(Br)o1. The third kappa shape index (κ3) is 2.19. The number of hydrogen-bond acceptors (Lipinski definition) is 3. The van der Waals surface area contributed by atoms with Gasteiger partial charge in [-0.05, 0) is 28.1 Å². The van der Waals surface area contributed by atoms with E-state index in [2.05, 4.69) is 27.5 Å². The van der Waals surface area contributed by atoms with E-state index in [0.717, 1.165) is 0 Å². The summed E-state index contributed by atoms with van der Waals surface area (Å²) in [6.45, 7) is 3.91. The highest BCUT2D eigenvalue weighted by atomic mass is 79.9. The van der Waals surface area contributed by atoms with Gasteiger partial charge in [0.2, 0.25) is 6.08 Å². The van der Waals surface area contributed by atoms with E-state index >= 15 is 0 Å². The van der Waals surface area contributed by atoms with Crippen LogP contribution in [0.4, 0.5) is 0 Å². The quantitative estimate of drug-likeness (QED) is 0.588. The molecule has 3 nitrogen and oxygen atoms in total. The number of hydrogen-bond donors (Lipinski definition) is 0. The van der Waals surface area contributed by atoms with Gasteiger partial charge in [-0.15, -0.1) is 0 Å². The summed E-state index contributed by atoms with van der Waals surface area (Å²) in [6, 6.07) is 3.51. The Morgan fingerprint density at radius 2 is 2.50 bits per heavy atom. The van der Waals surface area contributed by atoms with Crippen LogP contribution in [-0.2, 0) is 4.79 Å². The Labute approximate surface area is 77.9 Å². The minimum Gasteiger partial charge on any atom is -0.450 e. The molecule has 0 fully saturated rings. The number of nitrogens with zero attached hydrogens (tertiary/aromatic N) is 1. The second-order valence-corrected chi connectivity index (χ2v) is 2.90. The summed E-state index contributed by atoms with van der Waals surface area (Å²) in [4.78, 5) is 13.2. The fourth-order valence-electron chi connectivity index (χ4n) is 0.710. The second kappa shape index (κ2) is 4.04. The molecule has 0 N–H and O–H groups in total. The molecule has 0 spiro atoms. The lowest BCUT2D eigenvalue weighted by Gasteiger charge is -1.93. The molecule has 0 aromatic carbocycles. The van der Waals surface area contributed by atoms with E-state index in [4.69, 9.17) is 4.42 Å². The normalized spacial score (nSPS) is 9.08. The van der Waals surface area contributed by atoms with E-state index in [9.17, 15) is 4.79 Å². The van der Waals surface area contributed by atoms with E-state index in [1.807, 2.05) is 0 Å². The van der Waals surface area contributed by atoms with Gasteiger partial charge in [0.15, 0.2) is 4.67 Å². The molecule has 0 atom stereocenters. The van der Waals surface area contributed by atoms with Crippen molar-refractivity contribution in [2.24, 2.45) is 4.99 Å². The van der Waals surface area contributed by atoms with Crippen molar-refractivity contribution in [2.45, 2.75) is 0 Å². The van der Waals surface area contributed by atoms with Crippen LogP contribution in [0.25, 0.3) is 5.57 Å². The standard InChI is InChI=1S/C8H6BrNO2/c1-6(4-10-5-11)7-2-3-8(9)12-7/h2-3H,1,4H2. The lowest BCUT2D eigenvalue weighted by molar-refractivity contribution is 0.527. The molecule has 1 heterocycles. The van der Waals surface area contributed by atoms with Crippen molar-refractivity contribution in [2.75, 3.05) is 6.54 Å². The Bertz CT molecular complexity index is 337. The largest absolute Gasteiger partial charge is 0.450 e. The molecule has 0 aliphatic rings. The van der Waals surface area contributed by atoms with E-state index in [-0.39, 0.29) is 6.54 Å². The lowest BCUT2D eigenvalue weighted by Crippen LogP contribution is -1.83. The first-order chi connectivity index (χ1) is 5.74. The van der Waals surface area contributed by atoms with Gasteiger partial charge in [0.1, 0.15) is 5.76 Å². The smallest absolute Gasteiger partial charge is 0.235 e. The maximum atomic E-state index is 9.77. The van der Waals surface area contributed by atoms with Crippen LogP contribution in [-0.4, -0.2) is 12.6 Å². The molecule has 0 unspecified atom stereocenters. The topological polar surface area (TPSA) is 42.6 Å². The van der Waals surface area contributed by atoms with E-state index in [0.29, 0.717) is 16.0 Å². The minimum atomic E-state index is 0.226. The van der Waals surface area contributed by atoms with Crippen molar-refractivity contribution in [3.63, 3.8) is 0 Å². The van der Waals surface area contributed by atoms with Gasteiger partial charge in [0.05, 0.1) is 6.54 Å². The first kappa shape index (κ1) is 8.97. The molecule has 0 radical (unpaired) electrons. The van der Waals surface area contributed by atoms with Gasteiger partial charge in [-0.1, -0.05) is 6.58 Å². The zero-order valence-electron chi connectivity index (χ0n) is 6.21.